The molecule has 7 heteroatoms. The first-order valence-electron chi connectivity index (χ1n) is 22.8. The van der Waals surface area contributed by atoms with E-state index in [4.69, 9.17) is 25.1 Å². The standard InChI is InChI=1S/C44H44P2.C16H20N2.2ClH.Ru/c1-29-17-30(2)22-37(21-29)45(38-23-31(3)18-32(4)24-38)43-15-11-9-13-41(43)42-14-10-12-16-44(42)46(39-25-33(5)19-34(6)26-39)40-27-35(7)20-36(8)28-40;1-18(2)16(14-11-7-4-8-12-14)15(17)13-9-5-3-6-10-13;;;/h9-28H,1-8H3;3-12,15-16H,17H2,1-2H3;2*1H;/q;;;;+4. The Morgan fingerprint density at radius 2 is 0.642 bits per heavy atom. The summed E-state index contributed by atoms with van der Waals surface area (Å²) in [5.41, 5.74) is 22.2. The first kappa shape index (κ1) is 52.1. The minimum atomic E-state index is -1.33. The molecule has 0 saturated carbocycles. The Hall–Kier alpha value is -4.26. The first-order chi connectivity index (χ1) is 32.2. The minimum absolute atomic E-state index is 0.0244. The third-order valence-electron chi connectivity index (χ3n) is 11.9. The predicted molar refractivity (Wildman–Crippen MR) is 298 cm³/mol. The number of rotatable bonds is 11. The molecule has 0 saturated heterocycles. The molecule has 8 aromatic rings. The molecule has 0 spiro atoms. The number of hydrogen-bond acceptors (Lipinski definition) is 2. The van der Waals surface area contributed by atoms with E-state index in [9.17, 15) is 0 Å². The van der Waals surface area contributed by atoms with Crippen molar-refractivity contribution in [1.82, 2.24) is 4.90 Å². The van der Waals surface area contributed by atoms with Crippen LogP contribution in [0.25, 0.3) is 11.1 Å². The quantitative estimate of drug-likeness (QED) is 0.103. The van der Waals surface area contributed by atoms with Crippen molar-refractivity contribution >= 4 is 67.1 Å². The molecule has 8 rings (SSSR count). The number of halogens is 2. The number of hydrogen-bond donors (Lipinski definition) is 1. The van der Waals surface area contributed by atoms with E-state index in [-0.39, 0.29) is 27.2 Å². The van der Waals surface area contributed by atoms with Crippen LogP contribution in [0.3, 0.4) is 0 Å². The van der Waals surface area contributed by atoms with Gasteiger partial charge in [-0.25, -0.2) is 0 Å². The van der Waals surface area contributed by atoms with Gasteiger partial charge in [-0.05, 0) is 186 Å². The van der Waals surface area contributed by atoms with Crippen LogP contribution < -0.4 is 37.6 Å². The molecular weight excluding hydrogens is 983 g/mol. The number of nitrogens with two attached hydrogens (primary N) is 1. The number of benzene rings is 8. The van der Waals surface area contributed by atoms with Gasteiger partial charge in [0.1, 0.15) is 31.8 Å². The maximum absolute atomic E-state index is 6.43. The van der Waals surface area contributed by atoms with Gasteiger partial charge >= 0.3 is 34.5 Å². The fraction of sp³-hybridized carbons (Fsp3) is 0.200. The Morgan fingerprint density at radius 1 is 0.388 bits per heavy atom. The zero-order valence-electron chi connectivity index (χ0n) is 40.6. The summed E-state index contributed by atoms with van der Waals surface area (Å²) in [4.78, 5) is 2.17. The SMILES string of the molecule is CN(C)C(c1ccccc1)C(N)c1ccccc1.Cc1cc(C)cc([PH+](c2cc(C)cc(C)c2)c2ccccc2-c2ccccc2[PH+](c2cc(C)cc(C)c2)c2cc(C)cc(C)c2)c1.[Cl][Ru+2][Cl]. The van der Waals surface area contributed by atoms with Gasteiger partial charge in [-0.3, -0.25) is 0 Å². The zero-order chi connectivity index (χ0) is 48.2. The zero-order valence-corrected chi connectivity index (χ0v) is 45.9. The van der Waals surface area contributed by atoms with Crippen LogP contribution >= 0.6 is 35.2 Å². The van der Waals surface area contributed by atoms with Crippen LogP contribution in [0.4, 0.5) is 0 Å². The van der Waals surface area contributed by atoms with Crippen LogP contribution in [-0.4, -0.2) is 19.0 Å². The van der Waals surface area contributed by atoms with Gasteiger partial charge < -0.3 is 10.6 Å². The van der Waals surface area contributed by atoms with Gasteiger partial charge in [0.05, 0.1) is 21.9 Å². The monoisotopic (exact) mass is 1050 g/mol. The van der Waals surface area contributed by atoms with Crippen LogP contribution in [0, 0.1) is 55.4 Å². The van der Waals surface area contributed by atoms with E-state index in [1.165, 1.54) is 98.6 Å². The molecular formula is C60H66Cl2N2P2Ru+4. The molecule has 2 nitrogen and oxygen atoms in total. The summed E-state index contributed by atoms with van der Waals surface area (Å²) in [5, 5.41) is 8.71. The summed E-state index contributed by atoms with van der Waals surface area (Å²) in [6.07, 6.45) is 0. The van der Waals surface area contributed by atoms with Crippen molar-refractivity contribution in [3.63, 3.8) is 0 Å². The van der Waals surface area contributed by atoms with Crippen molar-refractivity contribution in [2.24, 2.45) is 5.73 Å². The van der Waals surface area contributed by atoms with E-state index in [0.717, 1.165) is 0 Å². The van der Waals surface area contributed by atoms with Crippen LogP contribution in [0.2, 0.25) is 0 Å². The Labute approximate surface area is 420 Å². The summed E-state index contributed by atoms with van der Waals surface area (Å²) >= 11 is -0.346. The third kappa shape index (κ3) is 13.9. The molecule has 0 aliphatic carbocycles. The van der Waals surface area contributed by atoms with Gasteiger partial charge in [-0.1, -0.05) is 121 Å². The molecule has 0 aliphatic rings. The van der Waals surface area contributed by atoms with Gasteiger partial charge in [0, 0.05) is 17.2 Å². The Bertz CT molecular complexity index is 2540. The second-order valence-corrected chi connectivity index (χ2v) is 25.7. The molecule has 0 aromatic heterocycles. The van der Waals surface area contributed by atoms with E-state index < -0.39 is 15.8 Å². The van der Waals surface area contributed by atoms with Crippen molar-refractivity contribution in [1.29, 1.82) is 0 Å². The van der Waals surface area contributed by atoms with Gasteiger partial charge in [0.2, 0.25) is 0 Å². The molecule has 2 atom stereocenters. The van der Waals surface area contributed by atoms with Crippen molar-refractivity contribution in [3.8, 4) is 11.1 Å². The van der Waals surface area contributed by atoms with Crippen molar-refractivity contribution in [2.45, 2.75) is 67.5 Å². The molecule has 344 valence electrons. The Balaban J connectivity index is 0.000000293. The van der Waals surface area contributed by atoms with E-state index in [2.05, 4.69) is 232 Å². The Morgan fingerprint density at radius 3 is 0.925 bits per heavy atom. The number of aryl methyl sites for hydroxylation is 8. The molecule has 0 bridgehead atoms. The van der Waals surface area contributed by atoms with Crippen molar-refractivity contribution < 1.29 is 15.1 Å². The molecule has 0 radical (unpaired) electrons. The average Bonchev–Trinajstić information content (AvgIpc) is 3.27. The predicted octanol–water partition coefficient (Wildman–Crippen LogP) is 13.2. The fourth-order valence-electron chi connectivity index (χ4n) is 9.64. The van der Waals surface area contributed by atoms with E-state index in [1.807, 2.05) is 24.3 Å². The topological polar surface area (TPSA) is 29.3 Å². The maximum atomic E-state index is 6.43. The third-order valence-corrected chi connectivity index (χ3v) is 17.4. The van der Waals surface area contributed by atoms with Gasteiger partial charge in [-0.2, -0.15) is 0 Å². The molecule has 2 unspecified atom stereocenters. The van der Waals surface area contributed by atoms with Crippen LogP contribution in [0.5, 0.6) is 0 Å². The summed E-state index contributed by atoms with van der Waals surface area (Å²) < 4.78 is 0. The molecule has 0 heterocycles. The van der Waals surface area contributed by atoms with Crippen molar-refractivity contribution in [3.05, 3.63) is 238 Å². The summed E-state index contributed by atoms with van der Waals surface area (Å²) in [6.45, 7) is 17.9. The van der Waals surface area contributed by atoms with Crippen LogP contribution in [0.1, 0.15) is 67.7 Å². The number of likely N-dealkylation sites (N-methyl/N-ethyl adjacent to an activating group) is 1. The fourth-order valence-corrected chi connectivity index (χ4v) is 16.0. The first-order valence-corrected chi connectivity index (χ1v) is 30.3. The van der Waals surface area contributed by atoms with E-state index in [0.29, 0.717) is 0 Å². The average molecular weight is 1050 g/mol. The van der Waals surface area contributed by atoms with Crippen LogP contribution in [-0.2, 0) is 15.1 Å². The number of nitrogens with zero attached hydrogens (tertiary/aromatic N) is 1. The van der Waals surface area contributed by atoms with Crippen molar-refractivity contribution in [2.75, 3.05) is 14.1 Å². The molecule has 0 fully saturated rings. The van der Waals surface area contributed by atoms with E-state index in [1.54, 1.807) is 0 Å². The molecule has 0 aliphatic heterocycles. The summed E-state index contributed by atoms with van der Waals surface area (Å²) in [6, 6.07) is 68.0. The van der Waals surface area contributed by atoms with Crippen LogP contribution in [0.15, 0.2) is 182 Å². The second kappa shape index (κ2) is 24.9. The summed E-state index contributed by atoms with van der Waals surface area (Å²) in [5.74, 6) is 0. The van der Waals surface area contributed by atoms with Gasteiger partial charge in [-0.15, -0.1) is 0 Å². The molecule has 0 amide bonds. The Kier molecular flexibility index (Phi) is 19.3. The molecule has 67 heavy (non-hydrogen) atoms. The van der Waals surface area contributed by atoms with Gasteiger partial charge in [0.25, 0.3) is 0 Å². The van der Waals surface area contributed by atoms with E-state index >= 15 is 0 Å². The molecule has 8 aromatic carbocycles. The second-order valence-electron chi connectivity index (χ2n) is 18.2. The van der Waals surface area contributed by atoms with Gasteiger partial charge in [0.15, 0.2) is 0 Å². The summed E-state index contributed by atoms with van der Waals surface area (Å²) in [7, 11) is 11.2. The normalized spacial score (nSPS) is 12.0. The molecule has 2 N–H and O–H groups in total.